The summed E-state index contributed by atoms with van der Waals surface area (Å²) in [5, 5.41) is 3.83. The third-order valence-corrected chi connectivity index (χ3v) is 7.62. The highest BCUT2D eigenvalue weighted by Crippen LogP contribution is 2.50. The van der Waals surface area contributed by atoms with Crippen LogP contribution < -0.4 is 10.2 Å². The standard InChI is InChI=1S/C31H35N3O/c1-4-34(5-2)24-19-17-23(18-20-24)29-26-14-9-13-25(26)27-15-10-16-28(30(27)32-29)31(35)33(3)21-22-11-7-6-8-12-22/h6-13,15-20,25-26,29,32H,4-5,14,21H2,1-3H3. The van der Waals surface area contributed by atoms with Crippen molar-refractivity contribution in [3.63, 3.8) is 0 Å². The molecule has 0 saturated heterocycles. The van der Waals surface area contributed by atoms with Crippen LogP contribution in [0.5, 0.6) is 0 Å². The Kier molecular flexibility index (Phi) is 6.63. The van der Waals surface area contributed by atoms with Gasteiger partial charge in [0, 0.05) is 38.3 Å². The first-order chi connectivity index (χ1) is 17.1. The van der Waals surface area contributed by atoms with Crippen LogP contribution in [0, 0.1) is 5.92 Å². The molecule has 0 fully saturated rings. The molecule has 3 aromatic carbocycles. The van der Waals surface area contributed by atoms with Gasteiger partial charge in [0.1, 0.15) is 0 Å². The van der Waals surface area contributed by atoms with E-state index in [1.165, 1.54) is 16.8 Å². The van der Waals surface area contributed by atoms with Crippen molar-refractivity contribution in [2.24, 2.45) is 5.92 Å². The van der Waals surface area contributed by atoms with Crippen molar-refractivity contribution in [1.82, 2.24) is 4.90 Å². The number of para-hydroxylation sites is 1. The SMILES string of the molecule is CCN(CC)c1ccc(C2Nc3c(C(=O)N(C)Cc4ccccc4)cccc3C3C=CCC32)cc1. The zero-order chi connectivity index (χ0) is 24.4. The first-order valence-electron chi connectivity index (χ1n) is 12.8. The molecule has 0 radical (unpaired) electrons. The average Bonchev–Trinajstić information content (AvgIpc) is 3.40. The van der Waals surface area contributed by atoms with Crippen LogP contribution in [0.2, 0.25) is 0 Å². The Labute approximate surface area is 209 Å². The van der Waals surface area contributed by atoms with Gasteiger partial charge in [-0.05, 0) is 61.1 Å². The summed E-state index contributed by atoms with van der Waals surface area (Å²) in [5.74, 6) is 0.828. The first-order valence-corrected chi connectivity index (χ1v) is 12.8. The molecule has 3 unspecified atom stereocenters. The Balaban J connectivity index is 1.46. The Morgan fingerprint density at radius 1 is 0.943 bits per heavy atom. The molecular weight excluding hydrogens is 430 g/mol. The number of hydrogen-bond acceptors (Lipinski definition) is 3. The molecule has 1 aliphatic heterocycles. The quantitative estimate of drug-likeness (QED) is 0.398. The highest BCUT2D eigenvalue weighted by Gasteiger charge is 2.39. The molecule has 1 aliphatic carbocycles. The van der Waals surface area contributed by atoms with E-state index < -0.39 is 0 Å². The number of nitrogens with one attached hydrogen (secondary N) is 1. The second kappa shape index (κ2) is 9.99. The Hall–Kier alpha value is -3.53. The highest BCUT2D eigenvalue weighted by atomic mass is 16.2. The average molecular weight is 466 g/mol. The third-order valence-electron chi connectivity index (χ3n) is 7.62. The van der Waals surface area contributed by atoms with E-state index in [1.807, 2.05) is 42.3 Å². The molecule has 1 amide bonds. The number of amides is 1. The Morgan fingerprint density at radius 3 is 2.40 bits per heavy atom. The van der Waals surface area contributed by atoms with Gasteiger partial charge >= 0.3 is 0 Å². The van der Waals surface area contributed by atoms with Crippen LogP contribution in [0.15, 0.2) is 84.9 Å². The zero-order valence-corrected chi connectivity index (χ0v) is 20.9. The molecule has 180 valence electrons. The van der Waals surface area contributed by atoms with Crippen LogP contribution in [0.25, 0.3) is 0 Å². The lowest BCUT2D eigenvalue weighted by molar-refractivity contribution is 0.0785. The Bertz CT molecular complexity index is 1200. The lowest BCUT2D eigenvalue weighted by Gasteiger charge is -2.38. The summed E-state index contributed by atoms with van der Waals surface area (Å²) in [6.45, 7) is 6.98. The summed E-state index contributed by atoms with van der Waals surface area (Å²) in [4.78, 5) is 17.8. The molecule has 35 heavy (non-hydrogen) atoms. The molecule has 0 spiro atoms. The number of allylic oxidation sites excluding steroid dienone is 2. The molecular formula is C31H35N3O. The second-order valence-electron chi connectivity index (χ2n) is 9.66. The number of nitrogens with zero attached hydrogens (tertiary/aromatic N) is 2. The second-order valence-corrected chi connectivity index (χ2v) is 9.66. The van der Waals surface area contributed by atoms with Crippen LogP contribution in [0.4, 0.5) is 11.4 Å². The van der Waals surface area contributed by atoms with E-state index in [2.05, 4.69) is 78.7 Å². The topological polar surface area (TPSA) is 35.6 Å². The minimum atomic E-state index is 0.0502. The van der Waals surface area contributed by atoms with Gasteiger partial charge in [-0.3, -0.25) is 4.79 Å². The van der Waals surface area contributed by atoms with Crippen molar-refractivity contribution < 1.29 is 4.79 Å². The number of carbonyl (C=O) groups excluding carboxylic acids is 1. The van der Waals surface area contributed by atoms with Gasteiger partial charge in [-0.2, -0.15) is 0 Å². The fraction of sp³-hybridized carbons (Fsp3) is 0.323. The van der Waals surface area contributed by atoms with Gasteiger partial charge in [-0.15, -0.1) is 0 Å². The van der Waals surface area contributed by atoms with E-state index in [0.29, 0.717) is 18.4 Å². The smallest absolute Gasteiger partial charge is 0.256 e. The van der Waals surface area contributed by atoms with Crippen molar-refractivity contribution in [3.05, 3.63) is 107 Å². The van der Waals surface area contributed by atoms with Gasteiger partial charge < -0.3 is 15.1 Å². The Morgan fingerprint density at radius 2 is 1.69 bits per heavy atom. The predicted molar refractivity (Wildman–Crippen MR) is 145 cm³/mol. The molecule has 2 aliphatic rings. The first kappa shape index (κ1) is 23.2. The molecule has 3 aromatic rings. The number of carbonyl (C=O) groups is 1. The van der Waals surface area contributed by atoms with Crippen molar-refractivity contribution in [1.29, 1.82) is 0 Å². The van der Waals surface area contributed by atoms with Crippen molar-refractivity contribution >= 4 is 17.3 Å². The summed E-state index contributed by atoms with van der Waals surface area (Å²) < 4.78 is 0. The predicted octanol–water partition coefficient (Wildman–Crippen LogP) is 6.63. The maximum Gasteiger partial charge on any atom is 0.256 e. The van der Waals surface area contributed by atoms with Crippen LogP contribution in [0.3, 0.4) is 0 Å². The lowest BCUT2D eigenvalue weighted by atomic mass is 9.76. The van der Waals surface area contributed by atoms with Crippen molar-refractivity contribution in [2.75, 3.05) is 30.4 Å². The van der Waals surface area contributed by atoms with Crippen molar-refractivity contribution in [2.45, 2.75) is 38.8 Å². The molecule has 4 heteroatoms. The van der Waals surface area contributed by atoms with Crippen LogP contribution in [-0.4, -0.2) is 30.9 Å². The summed E-state index contributed by atoms with van der Waals surface area (Å²) in [7, 11) is 1.89. The lowest BCUT2D eigenvalue weighted by Crippen LogP contribution is -2.32. The van der Waals surface area contributed by atoms with E-state index in [4.69, 9.17) is 0 Å². The number of benzene rings is 3. The molecule has 4 nitrogen and oxygen atoms in total. The van der Waals surface area contributed by atoms with E-state index in [0.717, 1.165) is 36.3 Å². The summed E-state index contributed by atoms with van der Waals surface area (Å²) in [5.41, 5.74) is 6.65. The highest BCUT2D eigenvalue weighted by molar-refractivity contribution is 6.00. The molecule has 0 aromatic heterocycles. The van der Waals surface area contributed by atoms with Crippen molar-refractivity contribution in [3.8, 4) is 0 Å². The minimum absolute atomic E-state index is 0.0502. The minimum Gasteiger partial charge on any atom is -0.377 e. The zero-order valence-electron chi connectivity index (χ0n) is 20.9. The van der Waals surface area contributed by atoms with Gasteiger partial charge in [-0.1, -0.05) is 66.7 Å². The molecule has 1 N–H and O–H groups in total. The molecule has 3 atom stereocenters. The van der Waals surface area contributed by atoms with E-state index in [1.54, 1.807) is 0 Å². The van der Waals surface area contributed by atoms with E-state index in [9.17, 15) is 4.79 Å². The van der Waals surface area contributed by atoms with Crippen LogP contribution in [-0.2, 0) is 6.54 Å². The summed E-state index contributed by atoms with van der Waals surface area (Å²) in [6, 6.07) is 25.5. The maximum atomic E-state index is 13.6. The summed E-state index contributed by atoms with van der Waals surface area (Å²) in [6.07, 6.45) is 5.69. The fourth-order valence-electron chi connectivity index (χ4n) is 5.75. The van der Waals surface area contributed by atoms with E-state index in [-0.39, 0.29) is 11.9 Å². The van der Waals surface area contributed by atoms with Gasteiger partial charge in [0.25, 0.3) is 5.91 Å². The number of fused-ring (bicyclic) bond motifs is 3. The largest absolute Gasteiger partial charge is 0.377 e. The fourth-order valence-corrected chi connectivity index (χ4v) is 5.75. The van der Waals surface area contributed by atoms with Gasteiger partial charge in [0.05, 0.1) is 17.3 Å². The molecule has 0 saturated carbocycles. The third kappa shape index (κ3) is 4.45. The normalized spacial score (nSPS) is 20.0. The van der Waals surface area contributed by atoms with Gasteiger partial charge in [-0.25, -0.2) is 0 Å². The van der Waals surface area contributed by atoms with Crippen LogP contribution in [0.1, 0.15) is 59.3 Å². The number of rotatable bonds is 7. The molecule has 5 rings (SSSR count). The number of anilines is 2. The summed E-state index contributed by atoms with van der Waals surface area (Å²) >= 11 is 0. The molecule has 1 heterocycles. The van der Waals surface area contributed by atoms with Crippen LogP contribution >= 0.6 is 0 Å². The monoisotopic (exact) mass is 465 g/mol. The van der Waals surface area contributed by atoms with Gasteiger partial charge in [0.15, 0.2) is 0 Å². The van der Waals surface area contributed by atoms with E-state index >= 15 is 0 Å². The van der Waals surface area contributed by atoms with Gasteiger partial charge in [0.2, 0.25) is 0 Å². The maximum absolute atomic E-state index is 13.6. The molecule has 0 bridgehead atoms. The number of hydrogen-bond donors (Lipinski definition) is 1.